The van der Waals surface area contributed by atoms with Crippen LogP contribution in [0.3, 0.4) is 0 Å². The van der Waals surface area contributed by atoms with Gasteiger partial charge in [-0.05, 0) is 38.5 Å². The van der Waals surface area contributed by atoms with E-state index in [0.29, 0.717) is 47.0 Å². The van der Waals surface area contributed by atoms with Crippen LogP contribution in [-0.4, -0.2) is 66.9 Å². The second-order valence-corrected chi connectivity index (χ2v) is 11.1. The monoisotopic (exact) mass is 471 g/mol. The number of thioether (sulfide) groups is 1. The first-order chi connectivity index (χ1) is 14.3. The highest BCUT2D eigenvalue weighted by Crippen LogP contribution is 2.27. The lowest BCUT2D eigenvalue weighted by Crippen LogP contribution is -2.40. The van der Waals surface area contributed by atoms with Crippen molar-refractivity contribution in [3.05, 3.63) is 23.8 Å². The Kier molecular flexibility index (Phi) is 7.69. The predicted molar refractivity (Wildman–Crippen MR) is 119 cm³/mol. The molecule has 0 unspecified atom stereocenters. The maximum atomic E-state index is 13.0. The number of aromatic nitrogens is 2. The second kappa shape index (κ2) is 10.1. The number of rotatable bonds is 8. The number of morpholine rings is 1. The van der Waals surface area contributed by atoms with Gasteiger partial charge in [0.05, 0.1) is 23.9 Å². The Morgan fingerprint density at radius 2 is 2.03 bits per heavy atom. The molecular weight excluding hydrogens is 446 g/mol. The van der Waals surface area contributed by atoms with E-state index in [1.54, 1.807) is 19.1 Å². The molecule has 2 aromatic rings. The molecule has 30 heavy (non-hydrogen) atoms. The van der Waals surface area contributed by atoms with E-state index in [4.69, 9.17) is 4.74 Å². The van der Waals surface area contributed by atoms with Crippen molar-refractivity contribution < 1.29 is 17.9 Å². The van der Waals surface area contributed by atoms with Gasteiger partial charge in [0.2, 0.25) is 21.1 Å². The average Bonchev–Trinajstić information content (AvgIpc) is 3.15. The summed E-state index contributed by atoms with van der Waals surface area (Å²) in [7, 11) is -3.64. The molecule has 0 saturated carbocycles. The molecule has 2 heterocycles. The molecule has 0 aliphatic carbocycles. The Bertz CT molecular complexity index is 987. The number of carbonyl (C=O) groups is 1. The normalized spacial score (nSPS) is 15.3. The van der Waals surface area contributed by atoms with Crippen molar-refractivity contribution in [3.63, 3.8) is 0 Å². The number of hydrogen-bond donors (Lipinski definition) is 2. The van der Waals surface area contributed by atoms with E-state index in [-0.39, 0.29) is 22.6 Å². The fraction of sp³-hybridized carbons (Fsp3) is 0.500. The number of nitrogens with one attached hydrogen (secondary N) is 2. The van der Waals surface area contributed by atoms with Gasteiger partial charge < -0.3 is 15.4 Å². The minimum absolute atomic E-state index is 0.149. The Balaban J connectivity index is 1.63. The van der Waals surface area contributed by atoms with Crippen LogP contribution in [0, 0.1) is 6.92 Å². The highest BCUT2D eigenvalue weighted by atomic mass is 32.2. The minimum Gasteiger partial charge on any atom is -0.379 e. The van der Waals surface area contributed by atoms with Crippen LogP contribution >= 0.6 is 23.1 Å². The molecule has 0 bridgehead atoms. The van der Waals surface area contributed by atoms with Crippen LogP contribution < -0.4 is 10.6 Å². The number of amides is 1. The molecule has 0 spiro atoms. The maximum absolute atomic E-state index is 13.0. The average molecular weight is 472 g/mol. The van der Waals surface area contributed by atoms with E-state index in [0.717, 1.165) is 0 Å². The molecule has 9 nitrogen and oxygen atoms in total. The lowest BCUT2D eigenvalue weighted by atomic mass is 10.2. The highest BCUT2D eigenvalue weighted by molar-refractivity contribution is 8.01. The number of nitrogens with zero attached hydrogens (tertiary/aromatic N) is 3. The summed E-state index contributed by atoms with van der Waals surface area (Å²) in [5.74, 6) is -0.0948. The smallest absolute Gasteiger partial charge is 0.243 e. The zero-order valence-corrected chi connectivity index (χ0v) is 19.5. The summed E-state index contributed by atoms with van der Waals surface area (Å²) in [6, 6.07) is 5.16. The van der Waals surface area contributed by atoms with Gasteiger partial charge in [0.15, 0.2) is 4.34 Å². The summed E-state index contributed by atoms with van der Waals surface area (Å²) in [5, 5.41) is 14.7. The minimum atomic E-state index is -3.64. The van der Waals surface area contributed by atoms with Crippen LogP contribution in [0.15, 0.2) is 27.4 Å². The first-order valence-corrected chi connectivity index (χ1v) is 12.7. The first-order valence-electron chi connectivity index (χ1n) is 9.47. The molecule has 1 aromatic carbocycles. The van der Waals surface area contributed by atoms with Crippen molar-refractivity contribution in [3.8, 4) is 0 Å². The Labute approximate surface area is 184 Å². The van der Waals surface area contributed by atoms with Gasteiger partial charge in [-0.1, -0.05) is 29.2 Å². The van der Waals surface area contributed by atoms with Crippen molar-refractivity contribution in [2.24, 2.45) is 0 Å². The van der Waals surface area contributed by atoms with Crippen molar-refractivity contribution in [2.75, 3.05) is 42.7 Å². The van der Waals surface area contributed by atoms with E-state index in [1.165, 1.54) is 33.5 Å². The van der Waals surface area contributed by atoms with Gasteiger partial charge in [0, 0.05) is 24.8 Å². The number of aryl methyl sites for hydroxylation is 1. The SMILES string of the molecule is Cc1ccc(NC(=O)CSc2nnc(NC(C)C)s2)cc1S(=O)(=O)N1CCOCC1. The molecule has 1 saturated heterocycles. The van der Waals surface area contributed by atoms with Crippen molar-refractivity contribution in [2.45, 2.75) is 36.0 Å². The summed E-state index contributed by atoms with van der Waals surface area (Å²) >= 11 is 2.67. The van der Waals surface area contributed by atoms with Crippen LogP contribution in [0.1, 0.15) is 19.4 Å². The van der Waals surface area contributed by atoms with Gasteiger partial charge in [-0.2, -0.15) is 4.31 Å². The third-order valence-corrected chi connectivity index (χ3v) is 8.23. The summed E-state index contributed by atoms with van der Waals surface area (Å²) in [6.07, 6.45) is 0. The fourth-order valence-electron chi connectivity index (χ4n) is 2.78. The van der Waals surface area contributed by atoms with Gasteiger partial charge in [0.1, 0.15) is 0 Å². The van der Waals surface area contributed by atoms with E-state index in [1.807, 2.05) is 13.8 Å². The topological polar surface area (TPSA) is 114 Å². The van der Waals surface area contributed by atoms with Crippen LogP contribution in [0.4, 0.5) is 10.8 Å². The number of carbonyl (C=O) groups excluding carboxylic acids is 1. The quantitative estimate of drug-likeness (QED) is 0.565. The van der Waals surface area contributed by atoms with Gasteiger partial charge in [-0.15, -0.1) is 10.2 Å². The number of ether oxygens (including phenoxy) is 1. The molecule has 1 aromatic heterocycles. The number of anilines is 2. The van der Waals surface area contributed by atoms with E-state index < -0.39 is 10.0 Å². The maximum Gasteiger partial charge on any atom is 0.243 e. The summed E-state index contributed by atoms with van der Waals surface area (Å²) in [4.78, 5) is 12.5. The Morgan fingerprint density at radius 1 is 1.30 bits per heavy atom. The number of sulfonamides is 1. The summed E-state index contributed by atoms with van der Waals surface area (Å²) < 4.78 is 33.3. The van der Waals surface area contributed by atoms with Crippen LogP contribution in [-0.2, 0) is 19.6 Å². The first kappa shape index (κ1) is 22.9. The van der Waals surface area contributed by atoms with E-state index in [9.17, 15) is 13.2 Å². The molecule has 1 fully saturated rings. The van der Waals surface area contributed by atoms with Crippen molar-refractivity contribution in [1.82, 2.24) is 14.5 Å². The molecule has 1 amide bonds. The lowest BCUT2D eigenvalue weighted by Gasteiger charge is -2.26. The molecule has 3 rings (SSSR count). The molecule has 1 aliphatic rings. The number of hydrogen-bond acceptors (Lipinski definition) is 9. The zero-order chi connectivity index (χ0) is 21.7. The van der Waals surface area contributed by atoms with E-state index in [2.05, 4.69) is 20.8 Å². The molecule has 0 radical (unpaired) electrons. The molecule has 164 valence electrons. The fourth-order valence-corrected chi connectivity index (χ4v) is 6.14. The van der Waals surface area contributed by atoms with Crippen molar-refractivity contribution >= 4 is 49.8 Å². The van der Waals surface area contributed by atoms with Crippen LogP contribution in [0.5, 0.6) is 0 Å². The van der Waals surface area contributed by atoms with Crippen molar-refractivity contribution in [1.29, 1.82) is 0 Å². The Morgan fingerprint density at radius 3 is 2.73 bits per heavy atom. The summed E-state index contributed by atoms with van der Waals surface area (Å²) in [6.45, 7) is 7.17. The third-order valence-electron chi connectivity index (χ3n) is 4.21. The standard InChI is InChI=1S/C18H25N5O4S3/c1-12(2)19-17-21-22-18(29-17)28-11-16(24)20-14-5-4-13(3)15(10-14)30(25,26)23-6-8-27-9-7-23/h4-5,10,12H,6-9,11H2,1-3H3,(H,19,21)(H,20,24). The second-order valence-electron chi connectivity index (χ2n) is 7.01. The number of benzene rings is 1. The van der Waals surface area contributed by atoms with Gasteiger partial charge in [-0.25, -0.2) is 8.42 Å². The third kappa shape index (κ3) is 5.91. The molecular formula is C18H25N5O4S3. The molecule has 0 atom stereocenters. The Hall–Kier alpha value is -1.73. The largest absolute Gasteiger partial charge is 0.379 e. The molecule has 2 N–H and O–H groups in total. The van der Waals surface area contributed by atoms with E-state index >= 15 is 0 Å². The predicted octanol–water partition coefficient (Wildman–Crippen LogP) is 2.42. The van der Waals surface area contributed by atoms with Gasteiger partial charge >= 0.3 is 0 Å². The van der Waals surface area contributed by atoms with Gasteiger partial charge in [0.25, 0.3) is 0 Å². The molecule has 12 heteroatoms. The molecule has 1 aliphatic heterocycles. The van der Waals surface area contributed by atoms with Crippen LogP contribution in [0.25, 0.3) is 0 Å². The zero-order valence-electron chi connectivity index (χ0n) is 17.0. The van der Waals surface area contributed by atoms with Crippen LogP contribution in [0.2, 0.25) is 0 Å². The lowest BCUT2D eigenvalue weighted by molar-refractivity contribution is -0.113. The summed E-state index contributed by atoms with van der Waals surface area (Å²) in [5.41, 5.74) is 1.07. The van der Waals surface area contributed by atoms with Gasteiger partial charge in [-0.3, -0.25) is 4.79 Å². The highest BCUT2D eigenvalue weighted by Gasteiger charge is 2.28.